The quantitative estimate of drug-likeness (QED) is 0.697. The molecule has 1 rings (SSSR count). The van der Waals surface area contributed by atoms with Crippen LogP contribution < -0.4 is 4.74 Å². The number of benzene rings is 1. The van der Waals surface area contributed by atoms with E-state index in [1.54, 1.807) is 0 Å². The summed E-state index contributed by atoms with van der Waals surface area (Å²) in [6.07, 6.45) is 0. The van der Waals surface area contributed by atoms with Crippen molar-refractivity contribution in [1.29, 1.82) is 0 Å². The number of ether oxygens (including phenoxy) is 2. The number of rotatable bonds is 4. The molecule has 0 aliphatic heterocycles. The molecule has 0 bridgehead atoms. The number of hydrogen-bond acceptors (Lipinski definition) is 2. The van der Waals surface area contributed by atoms with Gasteiger partial charge < -0.3 is 9.47 Å². The first-order chi connectivity index (χ1) is 6.65. The monoisotopic (exact) mass is 202 g/mol. The van der Waals surface area contributed by atoms with Crippen LogP contribution in [-0.2, 0) is 4.74 Å². The highest BCUT2D eigenvalue weighted by molar-refractivity contribution is 5.29. The molecule has 0 radical (unpaired) electrons. The SMILES string of the molecule is COCCOc1cc(F)c(C)c(F)c1. The van der Waals surface area contributed by atoms with Gasteiger partial charge in [-0.05, 0) is 6.92 Å². The van der Waals surface area contributed by atoms with Gasteiger partial charge in [0.1, 0.15) is 24.0 Å². The summed E-state index contributed by atoms with van der Waals surface area (Å²) in [4.78, 5) is 0. The Morgan fingerprint density at radius 2 is 1.71 bits per heavy atom. The third kappa shape index (κ3) is 2.67. The van der Waals surface area contributed by atoms with Gasteiger partial charge in [-0.15, -0.1) is 0 Å². The molecule has 78 valence electrons. The Hall–Kier alpha value is -1.16. The molecular formula is C10H12F2O2. The molecule has 1 aromatic rings. The van der Waals surface area contributed by atoms with Crippen LogP contribution in [-0.4, -0.2) is 20.3 Å². The predicted octanol–water partition coefficient (Wildman–Crippen LogP) is 2.30. The van der Waals surface area contributed by atoms with E-state index in [2.05, 4.69) is 0 Å². The summed E-state index contributed by atoms with van der Waals surface area (Å²) in [7, 11) is 1.53. The van der Waals surface area contributed by atoms with Gasteiger partial charge in [-0.1, -0.05) is 0 Å². The van der Waals surface area contributed by atoms with Crippen LogP contribution in [0.4, 0.5) is 8.78 Å². The Balaban J connectivity index is 2.69. The zero-order valence-corrected chi connectivity index (χ0v) is 8.14. The average Bonchev–Trinajstić information content (AvgIpc) is 2.14. The molecule has 0 aliphatic carbocycles. The van der Waals surface area contributed by atoms with Gasteiger partial charge in [0, 0.05) is 24.8 Å². The van der Waals surface area contributed by atoms with Gasteiger partial charge in [0.15, 0.2) is 0 Å². The van der Waals surface area contributed by atoms with Gasteiger partial charge in [0.05, 0.1) is 6.61 Å². The van der Waals surface area contributed by atoms with Crippen LogP contribution in [0.25, 0.3) is 0 Å². The van der Waals surface area contributed by atoms with Crippen LogP contribution in [0.1, 0.15) is 5.56 Å². The average molecular weight is 202 g/mol. The molecule has 0 saturated carbocycles. The molecular weight excluding hydrogens is 190 g/mol. The highest BCUT2D eigenvalue weighted by atomic mass is 19.1. The molecule has 0 N–H and O–H groups in total. The molecule has 0 atom stereocenters. The molecule has 0 heterocycles. The van der Waals surface area contributed by atoms with E-state index in [1.807, 2.05) is 0 Å². The lowest BCUT2D eigenvalue weighted by Crippen LogP contribution is -2.05. The topological polar surface area (TPSA) is 18.5 Å². The third-order valence-electron chi connectivity index (χ3n) is 1.81. The molecule has 0 saturated heterocycles. The molecule has 1 aromatic carbocycles. The Bertz CT molecular complexity index is 290. The van der Waals surface area contributed by atoms with Gasteiger partial charge >= 0.3 is 0 Å². The first-order valence-electron chi connectivity index (χ1n) is 4.22. The van der Waals surface area contributed by atoms with E-state index in [4.69, 9.17) is 9.47 Å². The fourth-order valence-corrected chi connectivity index (χ4v) is 0.948. The summed E-state index contributed by atoms with van der Waals surface area (Å²) >= 11 is 0. The van der Waals surface area contributed by atoms with Crippen LogP contribution >= 0.6 is 0 Å². The van der Waals surface area contributed by atoms with Gasteiger partial charge in [0.2, 0.25) is 0 Å². The van der Waals surface area contributed by atoms with Crippen LogP contribution in [0.5, 0.6) is 5.75 Å². The zero-order valence-electron chi connectivity index (χ0n) is 8.14. The lowest BCUT2D eigenvalue weighted by Gasteiger charge is -2.07. The normalized spacial score (nSPS) is 10.3. The Morgan fingerprint density at radius 3 is 2.21 bits per heavy atom. The highest BCUT2D eigenvalue weighted by Gasteiger charge is 2.06. The standard InChI is InChI=1S/C10H12F2O2/c1-7-9(11)5-8(6-10(7)12)14-4-3-13-2/h5-6H,3-4H2,1-2H3. The van der Waals surface area contributed by atoms with Crippen molar-refractivity contribution < 1.29 is 18.3 Å². The maximum absolute atomic E-state index is 13.0. The molecule has 14 heavy (non-hydrogen) atoms. The van der Waals surface area contributed by atoms with E-state index < -0.39 is 11.6 Å². The van der Waals surface area contributed by atoms with E-state index in [-0.39, 0.29) is 17.9 Å². The van der Waals surface area contributed by atoms with Crippen molar-refractivity contribution in [1.82, 2.24) is 0 Å². The highest BCUT2D eigenvalue weighted by Crippen LogP contribution is 2.19. The van der Waals surface area contributed by atoms with E-state index in [0.29, 0.717) is 6.61 Å². The van der Waals surface area contributed by atoms with Gasteiger partial charge in [-0.2, -0.15) is 0 Å². The first-order valence-corrected chi connectivity index (χ1v) is 4.22. The van der Waals surface area contributed by atoms with E-state index in [1.165, 1.54) is 14.0 Å². The minimum Gasteiger partial charge on any atom is -0.491 e. The minimum absolute atomic E-state index is 0.00379. The van der Waals surface area contributed by atoms with Crippen molar-refractivity contribution in [3.8, 4) is 5.75 Å². The van der Waals surface area contributed by atoms with Crippen molar-refractivity contribution in [2.24, 2.45) is 0 Å². The Kier molecular flexibility index (Phi) is 3.83. The summed E-state index contributed by atoms with van der Waals surface area (Å²) in [5, 5.41) is 0. The summed E-state index contributed by atoms with van der Waals surface area (Å²) in [5.41, 5.74) is 0.00379. The molecule has 4 heteroatoms. The predicted molar refractivity (Wildman–Crippen MR) is 48.5 cm³/mol. The lowest BCUT2D eigenvalue weighted by molar-refractivity contribution is 0.146. The number of halogens is 2. The molecule has 2 nitrogen and oxygen atoms in total. The van der Waals surface area contributed by atoms with Crippen molar-refractivity contribution in [2.75, 3.05) is 20.3 Å². The summed E-state index contributed by atoms with van der Waals surface area (Å²) in [5.74, 6) is -1.02. The second kappa shape index (κ2) is 4.91. The lowest BCUT2D eigenvalue weighted by atomic mass is 10.2. The van der Waals surface area contributed by atoms with Gasteiger partial charge in [-0.25, -0.2) is 8.78 Å². The summed E-state index contributed by atoms with van der Waals surface area (Å²) in [6, 6.07) is 2.32. The maximum Gasteiger partial charge on any atom is 0.132 e. The van der Waals surface area contributed by atoms with Crippen LogP contribution in [0.15, 0.2) is 12.1 Å². The maximum atomic E-state index is 13.0. The van der Waals surface area contributed by atoms with E-state index >= 15 is 0 Å². The molecule has 0 unspecified atom stereocenters. The summed E-state index contributed by atoms with van der Waals surface area (Å²) in [6.45, 7) is 2.04. The Morgan fingerprint density at radius 1 is 1.14 bits per heavy atom. The fourth-order valence-electron chi connectivity index (χ4n) is 0.948. The van der Waals surface area contributed by atoms with Crippen LogP contribution in [0, 0.1) is 18.6 Å². The van der Waals surface area contributed by atoms with Gasteiger partial charge in [0.25, 0.3) is 0 Å². The van der Waals surface area contributed by atoms with Crippen molar-refractivity contribution in [2.45, 2.75) is 6.92 Å². The fraction of sp³-hybridized carbons (Fsp3) is 0.400. The van der Waals surface area contributed by atoms with Crippen LogP contribution in [0.2, 0.25) is 0 Å². The number of methoxy groups -OCH3 is 1. The van der Waals surface area contributed by atoms with Crippen molar-refractivity contribution >= 4 is 0 Å². The molecule has 0 aromatic heterocycles. The van der Waals surface area contributed by atoms with Crippen molar-refractivity contribution in [3.63, 3.8) is 0 Å². The minimum atomic E-state index is -0.600. The molecule has 0 amide bonds. The van der Waals surface area contributed by atoms with Crippen LogP contribution in [0.3, 0.4) is 0 Å². The van der Waals surface area contributed by atoms with E-state index in [0.717, 1.165) is 12.1 Å². The second-order valence-electron chi connectivity index (χ2n) is 2.85. The van der Waals surface area contributed by atoms with Crippen molar-refractivity contribution in [3.05, 3.63) is 29.3 Å². The second-order valence-corrected chi connectivity index (χ2v) is 2.85. The van der Waals surface area contributed by atoms with E-state index in [9.17, 15) is 8.78 Å². The largest absolute Gasteiger partial charge is 0.491 e. The summed E-state index contributed by atoms with van der Waals surface area (Å²) < 4.78 is 35.8. The third-order valence-corrected chi connectivity index (χ3v) is 1.81. The zero-order chi connectivity index (χ0) is 10.6. The van der Waals surface area contributed by atoms with Gasteiger partial charge in [-0.3, -0.25) is 0 Å². The Labute approximate surface area is 81.4 Å². The smallest absolute Gasteiger partial charge is 0.132 e. The molecule has 0 fully saturated rings. The number of hydrogen-bond donors (Lipinski definition) is 0. The first kappa shape index (κ1) is 10.9. The molecule has 0 aliphatic rings. The molecule has 0 spiro atoms.